The molecule has 0 saturated carbocycles. The molecule has 92 valence electrons. The standard InChI is InChI=1S/C13H19N3O/c1-10(2)13(17)9-14-7-11-8-15-16-6-4-3-5-12(11)16/h3-6,8,10,13-14,17H,7,9H2,1-2H3. The zero-order chi connectivity index (χ0) is 12.3. The van der Waals surface area contributed by atoms with Crippen molar-refractivity contribution in [2.45, 2.75) is 26.5 Å². The Balaban J connectivity index is 1.95. The van der Waals surface area contributed by atoms with E-state index >= 15 is 0 Å². The molecule has 0 radical (unpaired) electrons. The summed E-state index contributed by atoms with van der Waals surface area (Å²) in [6.45, 7) is 5.38. The number of aromatic nitrogens is 2. The molecule has 4 nitrogen and oxygen atoms in total. The summed E-state index contributed by atoms with van der Waals surface area (Å²) >= 11 is 0. The summed E-state index contributed by atoms with van der Waals surface area (Å²) in [5, 5.41) is 17.2. The molecule has 2 N–H and O–H groups in total. The molecule has 0 aliphatic rings. The summed E-state index contributed by atoms with van der Waals surface area (Å²) in [7, 11) is 0. The molecule has 2 aromatic rings. The van der Waals surface area contributed by atoms with E-state index in [2.05, 4.69) is 10.4 Å². The minimum absolute atomic E-state index is 0.284. The van der Waals surface area contributed by atoms with Crippen molar-refractivity contribution in [1.29, 1.82) is 0 Å². The second-order valence-corrected chi connectivity index (χ2v) is 4.64. The van der Waals surface area contributed by atoms with Crippen molar-refractivity contribution >= 4 is 5.52 Å². The summed E-state index contributed by atoms with van der Waals surface area (Å²) in [4.78, 5) is 0. The lowest BCUT2D eigenvalue weighted by molar-refractivity contribution is 0.123. The molecule has 0 fully saturated rings. The van der Waals surface area contributed by atoms with Gasteiger partial charge in [0.1, 0.15) is 0 Å². The van der Waals surface area contributed by atoms with Crippen molar-refractivity contribution in [3.63, 3.8) is 0 Å². The van der Waals surface area contributed by atoms with E-state index in [1.807, 2.05) is 49.0 Å². The molecular weight excluding hydrogens is 214 g/mol. The van der Waals surface area contributed by atoms with Crippen molar-refractivity contribution in [3.8, 4) is 0 Å². The molecule has 0 saturated heterocycles. The second kappa shape index (κ2) is 5.29. The van der Waals surface area contributed by atoms with Gasteiger partial charge >= 0.3 is 0 Å². The van der Waals surface area contributed by atoms with Gasteiger partial charge in [-0.25, -0.2) is 4.52 Å². The average Bonchev–Trinajstić information content (AvgIpc) is 2.72. The zero-order valence-corrected chi connectivity index (χ0v) is 10.3. The van der Waals surface area contributed by atoms with Crippen molar-refractivity contribution < 1.29 is 5.11 Å². The highest BCUT2D eigenvalue weighted by molar-refractivity contribution is 5.53. The van der Waals surface area contributed by atoms with Crippen LogP contribution in [0.1, 0.15) is 19.4 Å². The molecule has 1 unspecified atom stereocenters. The van der Waals surface area contributed by atoms with Crippen LogP contribution in [0, 0.1) is 5.92 Å². The Bertz CT molecular complexity index is 478. The van der Waals surface area contributed by atoms with Crippen molar-refractivity contribution in [2.24, 2.45) is 5.92 Å². The lowest BCUT2D eigenvalue weighted by Crippen LogP contribution is -2.30. The van der Waals surface area contributed by atoms with Gasteiger partial charge in [0.05, 0.1) is 17.8 Å². The molecule has 0 amide bonds. The normalized spacial score (nSPS) is 13.4. The molecule has 1 atom stereocenters. The summed E-state index contributed by atoms with van der Waals surface area (Å²) < 4.78 is 1.86. The lowest BCUT2D eigenvalue weighted by Gasteiger charge is -2.14. The van der Waals surface area contributed by atoms with Crippen molar-refractivity contribution in [3.05, 3.63) is 36.2 Å². The number of fused-ring (bicyclic) bond motifs is 1. The summed E-state index contributed by atoms with van der Waals surface area (Å²) in [5.41, 5.74) is 2.26. The SMILES string of the molecule is CC(C)C(O)CNCc1cnn2ccccc12. The Morgan fingerprint density at radius 2 is 2.24 bits per heavy atom. The van der Waals surface area contributed by atoms with E-state index in [0.29, 0.717) is 6.54 Å². The van der Waals surface area contributed by atoms with E-state index in [-0.39, 0.29) is 12.0 Å². The largest absolute Gasteiger partial charge is 0.392 e. The van der Waals surface area contributed by atoms with Gasteiger partial charge in [0.15, 0.2) is 0 Å². The van der Waals surface area contributed by atoms with E-state index in [9.17, 15) is 5.11 Å². The predicted molar refractivity (Wildman–Crippen MR) is 67.7 cm³/mol. The van der Waals surface area contributed by atoms with E-state index in [4.69, 9.17) is 0 Å². The third-order valence-electron chi connectivity index (χ3n) is 2.94. The van der Waals surface area contributed by atoms with E-state index < -0.39 is 0 Å². The van der Waals surface area contributed by atoms with Gasteiger partial charge in [-0.05, 0) is 18.1 Å². The number of hydrogen-bond donors (Lipinski definition) is 2. The quantitative estimate of drug-likeness (QED) is 0.821. The first-order chi connectivity index (χ1) is 8.18. The fourth-order valence-corrected chi connectivity index (χ4v) is 1.71. The first-order valence-electron chi connectivity index (χ1n) is 5.98. The number of aliphatic hydroxyl groups excluding tert-OH is 1. The fourth-order valence-electron chi connectivity index (χ4n) is 1.71. The molecule has 0 bridgehead atoms. The average molecular weight is 233 g/mol. The summed E-state index contributed by atoms with van der Waals surface area (Å²) in [6.07, 6.45) is 3.50. The molecule has 0 aliphatic carbocycles. The van der Waals surface area contributed by atoms with Crippen LogP contribution in [0.25, 0.3) is 5.52 Å². The van der Waals surface area contributed by atoms with Crippen LogP contribution < -0.4 is 5.32 Å². The highest BCUT2D eigenvalue weighted by atomic mass is 16.3. The van der Waals surface area contributed by atoms with Crippen LogP contribution in [0.3, 0.4) is 0 Å². The Hall–Kier alpha value is -1.39. The predicted octanol–water partition coefficient (Wildman–Crippen LogP) is 1.44. The molecular formula is C13H19N3O. The van der Waals surface area contributed by atoms with Crippen molar-refractivity contribution in [1.82, 2.24) is 14.9 Å². The molecule has 17 heavy (non-hydrogen) atoms. The van der Waals surface area contributed by atoms with Gasteiger partial charge in [-0.1, -0.05) is 19.9 Å². The smallest absolute Gasteiger partial charge is 0.0706 e. The summed E-state index contributed by atoms with van der Waals surface area (Å²) in [6, 6.07) is 6.01. The molecule has 0 aliphatic heterocycles. The molecule has 2 heterocycles. The molecule has 2 rings (SSSR count). The topological polar surface area (TPSA) is 49.6 Å². The number of pyridine rings is 1. The second-order valence-electron chi connectivity index (χ2n) is 4.64. The van der Waals surface area contributed by atoms with E-state index in [1.54, 1.807) is 0 Å². The molecule has 0 spiro atoms. The summed E-state index contributed by atoms with van der Waals surface area (Å²) in [5.74, 6) is 0.284. The Morgan fingerprint density at radius 3 is 3.00 bits per heavy atom. The van der Waals surface area contributed by atoms with E-state index in [0.717, 1.165) is 17.6 Å². The Kier molecular flexibility index (Phi) is 3.76. The minimum atomic E-state index is -0.295. The van der Waals surface area contributed by atoms with Gasteiger partial charge in [-0.3, -0.25) is 0 Å². The molecule has 0 aromatic carbocycles. The van der Waals surface area contributed by atoms with Crippen molar-refractivity contribution in [2.75, 3.05) is 6.54 Å². The number of nitrogens with zero attached hydrogens (tertiary/aromatic N) is 2. The Morgan fingerprint density at radius 1 is 1.41 bits per heavy atom. The molecule has 4 heteroatoms. The van der Waals surface area contributed by atoms with Crippen LogP contribution in [-0.4, -0.2) is 27.4 Å². The van der Waals surface area contributed by atoms with Crippen LogP contribution in [-0.2, 0) is 6.54 Å². The third-order valence-corrected chi connectivity index (χ3v) is 2.94. The lowest BCUT2D eigenvalue weighted by atomic mass is 10.1. The Labute approximate surface area is 101 Å². The van der Waals surface area contributed by atoms with Gasteiger partial charge in [0.2, 0.25) is 0 Å². The van der Waals surface area contributed by atoms with Crippen LogP contribution in [0.15, 0.2) is 30.6 Å². The number of rotatable bonds is 5. The van der Waals surface area contributed by atoms with Gasteiger partial charge in [-0.2, -0.15) is 5.10 Å². The van der Waals surface area contributed by atoms with Gasteiger partial charge < -0.3 is 10.4 Å². The number of hydrogen-bond acceptors (Lipinski definition) is 3. The van der Waals surface area contributed by atoms with Crippen LogP contribution in [0.4, 0.5) is 0 Å². The zero-order valence-electron chi connectivity index (χ0n) is 10.3. The maximum atomic E-state index is 9.69. The molecule has 2 aromatic heterocycles. The third kappa shape index (κ3) is 2.84. The van der Waals surface area contributed by atoms with Crippen LogP contribution in [0.2, 0.25) is 0 Å². The fraction of sp³-hybridized carbons (Fsp3) is 0.462. The maximum absolute atomic E-state index is 9.69. The van der Waals surface area contributed by atoms with Gasteiger partial charge in [0.25, 0.3) is 0 Å². The highest BCUT2D eigenvalue weighted by Gasteiger charge is 2.09. The van der Waals surface area contributed by atoms with Crippen LogP contribution >= 0.6 is 0 Å². The maximum Gasteiger partial charge on any atom is 0.0706 e. The number of aliphatic hydroxyl groups is 1. The highest BCUT2D eigenvalue weighted by Crippen LogP contribution is 2.09. The van der Waals surface area contributed by atoms with E-state index in [1.165, 1.54) is 0 Å². The first kappa shape index (κ1) is 12.1. The first-order valence-corrected chi connectivity index (χ1v) is 5.98. The van der Waals surface area contributed by atoms with Gasteiger partial charge in [0, 0.05) is 24.8 Å². The van der Waals surface area contributed by atoms with Gasteiger partial charge in [-0.15, -0.1) is 0 Å². The monoisotopic (exact) mass is 233 g/mol. The minimum Gasteiger partial charge on any atom is -0.392 e. The van der Waals surface area contributed by atoms with Crippen LogP contribution in [0.5, 0.6) is 0 Å². The number of nitrogens with one attached hydrogen (secondary N) is 1.